The van der Waals surface area contributed by atoms with Crippen LogP contribution in [0.1, 0.15) is 0 Å². The summed E-state index contributed by atoms with van der Waals surface area (Å²) >= 11 is 4.51. The lowest BCUT2D eigenvalue weighted by molar-refractivity contribution is 1.61. The van der Waals surface area contributed by atoms with Gasteiger partial charge in [0.2, 0.25) is 0 Å². The van der Waals surface area contributed by atoms with Gasteiger partial charge >= 0.3 is 0 Å². The molecule has 0 saturated heterocycles. The molecule has 0 radical (unpaired) electrons. The lowest BCUT2D eigenvalue weighted by atomic mass is 10.4. The highest BCUT2D eigenvalue weighted by Crippen LogP contribution is 1.77. The molecule has 0 atom stereocenters. The van der Waals surface area contributed by atoms with Crippen LogP contribution in [0.2, 0.25) is 0 Å². The van der Waals surface area contributed by atoms with Crippen molar-refractivity contribution in [1.29, 1.82) is 0 Å². The van der Waals surface area contributed by atoms with Crippen LogP contribution < -0.4 is 0 Å². The van der Waals surface area contributed by atoms with Crippen LogP contribution in [0, 0.1) is 6.92 Å². The van der Waals surface area contributed by atoms with Crippen LogP contribution >= 0.6 is 0 Å². The summed E-state index contributed by atoms with van der Waals surface area (Å²) in [7, 11) is 0. The molecule has 0 heterocycles. The largest absolute Gasteiger partial charge is 0.784 e. The van der Waals surface area contributed by atoms with Crippen LogP contribution in [-0.4, -0.2) is 5.75 Å². The van der Waals surface area contributed by atoms with Crippen molar-refractivity contribution >= 4 is 12.6 Å². The molecule has 0 aromatic carbocycles. The zero-order valence-electron chi connectivity index (χ0n) is 3.03. The van der Waals surface area contributed by atoms with Crippen LogP contribution in [0.5, 0.6) is 0 Å². The van der Waals surface area contributed by atoms with Crippen molar-refractivity contribution in [3.8, 4) is 0 Å². The van der Waals surface area contributed by atoms with E-state index in [1.165, 1.54) is 0 Å². The summed E-state index contributed by atoms with van der Waals surface area (Å²) < 4.78 is 0. The van der Waals surface area contributed by atoms with Gasteiger partial charge in [-0.2, -0.15) is 0 Å². The van der Waals surface area contributed by atoms with E-state index < -0.39 is 0 Å². The van der Waals surface area contributed by atoms with E-state index in [2.05, 4.69) is 26.1 Å². The molecular formula is C4H6S. The van der Waals surface area contributed by atoms with Crippen LogP contribution in [0.3, 0.4) is 0 Å². The second-order valence-corrected chi connectivity index (χ2v) is 1.18. The van der Waals surface area contributed by atoms with Gasteiger partial charge in [-0.05, 0) is 0 Å². The van der Waals surface area contributed by atoms with Crippen molar-refractivity contribution in [1.82, 2.24) is 0 Å². The first kappa shape index (κ1) is 4.96. The standard InChI is InChI=1S/C4H6S/c1-4(2)3-5/h1-3H2. The summed E-state index contributed by atoms with van der Waals surface area (Å²) in [4.78, 5) is 0. The Hall–Kier alpha value is -0.0400. The van der Waals surface area contributed by atoms with Gasteiger partial charge < -0.3 is 12.6 Å². The minimum absolute atomic E-state index is 0.583. The predicted molar refractivity (Wildman–Crippen MR) is 26.7 cm³/mol. The molecule has 1 heteroatoms. The number of hydrogen-bond acceptors (Lipinski definition) is 1. The van der Waals surface area contributed by atoms with E-state index in [9.17, 15) is 0 Å². The summed E-state index contributed by atoms with van der Waals surface area (Å²) in [5.41, 5.74) is 0.819. The van der Waals surface area contributed by atoms with Gasteiger partial charge in [0.25, 0.3) is 0 Å². The second-order valence-electron chi connectivity index (χ2n) is 0.894. The fourth-order valence-corrected chi connectivity index (χ4v) is 0. The Morgan fingerprint density at radius 2 is 2.20 bits per heavy atom. The predicted octanol–water partition coefficient (Wildman–Crippen LogP) is 0.924. The first-order valence-corrected chi connectivity index (χ1v) is 1.93. The highest BCUT2D eigenvalue weighted by molar-refractivity contribution is 7.58. The summed E-state index contributed by atoms with van der Waals surface area (Å²) in [6.07, 6.45) is 0. The fourth-order valence-electron chi connectivity index (χ4n) is 0. The molecule has 0 unspecified atom stereocenters. The Balaban J connectivity index is 2.85. The molecule has 5 heavy (non-hydrogen) atoms. The van der Waals surface area contributed by atoms with Crippen LogP contribution in [0.15, 0.2) is 12.2 Å². The Labute approximate surface area is 38.3 Å². The van der Waals surface area contributed by atoms with Gasteiger partial charge in [0.1, 0.15) is 0 Å². The van der Waals surface area contributed by atoms with E-state index in [1.54, 1.807) is 0 Å². The molecule has 0 spiro atoms. The highest BCUT2D eigenvalue weighted by Gasteiger charge is 1.69. The minimum Gasteiger partial charge on any atom is -0.784 e. The van der Waals surface area contributed by atoms with Crippen molar-refractivity contribution in [3.05, 3.63) is 19.1 Å². The molecule has 0 rings (SSSR count). The molecule has 0 aromatic rings. The molecular weight excluding hydrogens is 80.1 g/mol. The third-order valence-electron chi connectivity index (χ3n) is 0.204. The quantitative estimate of drug-likeness (QED) is 0.338. The smallest absolute Gasteiger partial charge is 0.0727 e. The summed E-state index contributed by atoms with van der Waals surface area (Å²) in [5.74, 6) is 0.583. The van der Waals surface area contributed by atoms with Gasteiger partial charge in [0.15, 0.2) is 0 Å². The van der Waals surface area contributed by atoms with E-state index in [0.29, 0.717) is 5.75 Å². The van der Waals surface area contributed by atoms with Gasteiger partial charge in [-0.15, -0.1) is 5.75 Å². The normalized spacial score (nSPS) is 7.40. The maximum absolute atomic E-state index is 4.51. The first-order valence-electron chi connectivity index (χ1n) is 1.35. The molecule has 0 aliphatic rings. The summed E-state index contributed by atoms with van der Waals surface area (Å²) in [6, 6.07) is 0. The van der Waals surface area contributed by atoms with Crippen molar-refractivity contribution in [3.63, 3.8) is 0 Å². The van der Waals surface area contributed by atoms with E-state index >= 15 is 0 Å². The zero-order valence-corrected chi connectivity index (χ0v) is 3.85. The average Bonchev–Trinajstić information content (AvgIpc) is 1.38. The Kier molecular flexibility index (Phi) is 2.19. The minimum atomic E-state index is 0.583. The molecule has 0 amide bonds. The van der Waals surface area contributed by atoms with Crippen LogP contribution in [0.25, 0.3) is 0 Å². The van der Waals surface area contributed by atoms with Gasteiger partial charge in [0, 0.05) is 13.5 Å². The summed E-state index contributed by atoms with van der Waals surface area (Å²) in [5, 5.41) is 0. The highest BCUT2D eigenvalue weighted by atomic mass is 32.1. The lowest BCUT2D eigenvalue weighted by Gasteiger charge is -1.88. The van der Waals surface area contributed by atoms with Crippen LogP contribution in [0.4, 0.5) is 0 Å². The van der Waals surface area contributed by atoms with Gasteiger partial charge in [-0.3, -0.25) is 0 Å². The van der Waals surface area contributed by atoms with Gasteiger partial charge in [0.05, 0.1) is 5.57 Å². The summed E-state index contributed by atoms with van der Waals surface area (Å²) in [6.45, 7) is 6.92. The van der Waals surface area contributed by atoms with Crippen molar-refractivity contribution in [2.75, 3.05) is 5.75 Å². The van der Waals surface area contributed by atoms with Gasteiger partial charge in [-0.25, -0.2) is 0 Å². The Bertz CT molecular complexity index is 38.9. The van der Waals surface area contributed by atoms with E-state index in [-0.39, 0.29) is 0 Å². The molecule has 0 aromatic heterocycles. The van der Waals surface area contributed by atoms with Crippen molar-refractivity contribution < 1.29 is 0 Å². The molecule has 0 N–H and O–H groups in total. The number of rotatable bonds is 1. The molecule has 0 aliphatic carbocycles. The average molecular weight is 86.2 g/mol. The zero-order chi connectivity index (χ0) is 4.28. The molecule has 0 nitrogen and oxygen atoms in total. The molecule has 0 saturated carbocycles. The molecule has 0 aliphatic heterocycles. The third kappa shape index (κ3) is 3.96. The number of hydrogen-bond donors (Lipinski definition) is 0. The lowest BCUT2D eigenvalue weighted by Crippen LogP contribution is -1.72. The fraction of sp³-hybridized carbons (Fsp3) is 0.250. The van der Waals surface area contributed by atoms with Gasteiger partial charge in [-0.1, -0.05) is 0 Å². The van der Waals surface area contributed by atoms with Crippen molar-refractivity contribution in [2.45, 2.75) is 0 Å². The van der Waals surface area contributed by atoms with E-state index in [1.807, 2.05) is 0 Å². The van der Waals surface area contributed by atoms with Crippen LogP contribution in [-0.2, 0) is 12.6 Å². The maximum atomic E-state index is 4.51. The topological polar surface area (TPSA) is 0 Å². The third-order valence-corrected chi connectivity index (χ3v) is 0.612. The molecule has 0 bridgehead atoms. The maximum Gasteiger partial charge on any atom is 0.0727 e. The van der Waals surface area contributed by atoms with Crippen molar-refractivity contribution in [2.24, 2.45) is 0 Å². The Morgan fingerprint density at radius 3 is 2.20 bits per heavy atom. The molecule has 0 fully saturated rings. The SMILES string of the molecule is C=C([CH2+])C[S-]. The Morgan fingerprint density at radius 1 is 2.00 bits per heavy atom. The first-order chi connectivity index (χ1) is 2.27. The second kappa shape index (κ2) is 2.21. The monoisotopic (exact) mass is 86.0 g/mol. The molecule has 28 valence electrons. The van der Waals surface area contributed by atoms with E-state index in [0.717, 1.165) is 5.57 Å². The van der Waals surface area contributed by atoms with E-state index in [4.69, 9.17) is 0 Å².